The number of ether oxygens (including phenoxy) is 1. The summed E-state index contributed by atoms with van der Waals surface area (Å²) in [6.45, 7) is 4.49. The van der Waals surface area contributed by atoms with Crippen LogP contribution in [0.3, 0.4) is 0 Å². The molecule has 0 unspecified atom stereocenters. The minimum atomic E-state index is 0.321. The zero-order valence-electron chi connectivity index (χ0n) is 10.1. The number of aryl methyl sites for hydroxylation is 2. The van der Waals surface area contributed by atoms with Crippen molar-refractivity contribution >= 4 is 0 Å². The minimum absolute atomic E-state index is 0.321. The van der Waals surface area contributed by atoms with Crippen LogP contribution in [-0.4, -0.2) is 27.2 Å². The van der Waals surface area contributed by atoms with Gasteiger partial charge in [0.15, 0.2) is 0 Å². The summed E-state index contributed by atoms with van der Waals surface area (Å²) in [6.07, 6.45) is 0. The van der Waals surface area contributed by atoms with Gasteiger partial charge in [0.1, 0.15) is 0 Å². The quantitative estimate of drug-likeness (QED) is 0.833. The molecule has 0 amide bonds. The van der Waals surface area contributed by atoms with Crippen LogP contribution in [0.1, 0.15) is 17.1 Å². The summed E-state index contributed by atoms with van der Waals surface area (Å²) in [4.78, 5) is 8.48. The lowest BCUT2D eigenvalue weighted by molar-refractivity contribution is 0.420. The number of aromatic amines is 1. The summed E-state index contributed by atoms with van der Waals surface area (Å²) in [5.41, 5.74) is 2.69. The van der Waals surface area contributed by atoms with E-state index in [1.165, 1.54) is 0 Å². The standard InChI is InChI=1S/C11H15N5O/c1-7-4-9(6-12-3)14-11(13-7)17-10-5-8(2)15-16-10/h4-5,12H,6H2,1-3H3,(H,15,16). The second kappa shape index (κ2) is 4.92. The number of H-pyrrole nitrogens is 1. The van der Waals surface area contributed by atoms with E-state index >= 15 is 0 Å². The summed E-state index contributed by atoms with van der Waals surface area (Å²) in [5.74, 6) is 0.475. The fraction of sp³-hybridized carbons (Fsp3) is 0.364. The number of hydrogen-bond acceptors (Lipinski definition) is 5. The molecule has 2 aromatic rings. The number of nitrogens with zero attached hydrogens (tertiary/aromatic N) is 3. The molecule has 0 saturated heterocycles. The smallest absolute Gasteiger partial charge is 0.323 e. The molecule has 0 radical (unpaired) electrons. The fourth-order valence-electron chi connectivity index (χ4n) is 1.46. The van der Waals surface area contributed by atoms with Gasteiger partial charge in [-0.2, -0.15) is 4.98 Å². The Hall–Kier alpha value is -1.95. The lowest BCUT2D eigenvalue weighted by Crippen LogP contribution is -2.08. The molecule has 0 bridgehead atoms. The van der Waals surface area contributed by atoms with Crippen molar-refractivity contribution in [1.29, 1.82) is 0 Å². The summed E-state index contributed by atoms with van der Waals surface area (Å²) < 4.78 is 5.47. The fourth-order valence-corrected chi connectivity index (χ4v) is 1.46. The summed E-state index contributed by atoms with van der Waals surface area (Å²) in [5, 5.41) is 9.81. The van der Waals surface area contributed by atoms with Crippen LogP contribution < -0.4 is 10.1 Å². The van der Waals surface area contributed by atoms with Gasteiger partial charge in [-0.3, -0.25) is 5.10 Å². The highest BCUT2D eigenvalue weighted by Crippen LogP contribution is 2.16. The Bertz CT molecular complexity index is 508. The molecule has 0 saturated carbocycles. The van der Waals surface area contributed by atoms with Crippen LogP contribution in [-0.2, 0) is 6.54 Å². The van der Waals surface area contributed by atoms with Crippen LogP contribution in [0.25, 0.3) is 0 Å². The van der Waals surface area contributed by atoms with Crippen molar-refractivity contribution in [2.75, 3.05) is 7.05 Å². The van der Waals surface area contributed by atoms with Gasteiger partial charge in [0.2, 0.25) is 5.88 Å². The van der Waals surface area contributed by atoms with Crippen LogP contribution in [0.4, 0.5) is 0 Å². The number of hydrogen-bond donors (Lipinski definition) is 2. The largest absolute Gasteiger partial charge is 0.404 e. The number of nitrogens with one attached hydrogen (secondary N) is 2. The SMILES string of the molecule is CNCc1cc(C)nc(Oc2cc(C)[nH]n2)n1. The molecule has 90 valence electrons. The Morgan fingerprint density at radius 1 is 1.29 bits per heavy atom. The minimum Gasteiger partial charge on any atom is -0.404 e. The Balaban J connectivity index is 2.20. The maximum absolute atomic E-state index is 5.47. The van der Waals surface area contributed by atoms with Crippen LogP contribution in [0.15, 0.2) is 12.1 Å². The van der Waals surface area contributed by atoms with Crippen LogP contribution in [0.2, 0.25) is 0 Å². The maximum Gasteiger partial charge on any atom is 0.323 e. The van der Waals surface area contributed by atoms with Crippen molar-refractivity contribution in [1.82, 2.24) is 25.5 Å². The van der Waals surface area contributed by atoms with E-state index in [-0.39, 0.29) is 0 Å². The van der Waals surface area contributed by atoms with Crippen LogP contribution in [0, 0.1) is 13.8 Å². The molecule has 0 aliphatic heterocycles. The molecule has 0 aliphatic carbocycles. The van der Waals surface area contributed by atoms with Gasteiger partial charge < -0.3 is 10.1 Å². The highest BCUT2D eigenvalue weighted by Gasteiger charge is 2.06. The van der Waals surface area contributed by atoms with Crippen molar-refractivity contribution in [3.8, 4) is 11.9 Å². The van der Waals surface area contributed by atoms with Gasteiger partial charge in [0.05, 0.1) is 5.69 Å². The molecular weight excluding hydrogens is 218 g/mol. The highest BCUT2D eigenvalue weighted by atomic mass is 16.5. The van der Waals surface area contributed by atoms with E-state index in [4.69, 9.17) is 4.74 Å². The van der Waals surface area contributed by atoms with E-state index in [9.17, 15) is 0 Å². The molecule has 6 nitrogen and oxygen atoms in total. The molecule has 0 atom stereocenters. The lowest BCUT2D eigenvalue weighted by atomic mass is 10.3. The molecule has 2 rings (SSSR count). The lowest BCUT2D eigenvalue weighted by Gasteiger charge is -2.04. The van der Waals surface area contributed by atoms with Gasteiger partial charge in [-0.05, 0) is 27.0 Å². The maximum atomic E-state index is 5.47. The van der Waals surface area contributed by atoms with Gasteiger partial charge in [-0.15, -0.1) is 5.10 Å². The summed E-state index contributed by atoms with van der Waals surface area (Å²) in [6, 6.07) is 4.03. The van der Waals surface area contributed by atoms with E-state index < -0.39 is 0 Å². The molecule has 17 heavy (non-hydrogen) atoms. The van der Waals surface area contributed by atoms with Crippen molar-refractivity contribution in [3.63, 3.8) is 0 Å². The second-order valence-corrected chi connectivity index (χ2v) is 3.80. The van der Waals surface area contributed by atoms with Gasteiger partial charge in [0, 0.05) is 24.0 Å². The third-order valence-electron chi connectivity index (χ3n) is 2.12. The Kier molecular flexibility index (Phi) is 3.34. The topological polar surface area (TPSA) is 75.7 Å². The molecule has 0 aliphatic rings. The average Bonchev–Trinajstić information content (AvgIpc) is 2.63. The van der Waals surface area contributed by atoms with Gasteiger partial charge in [-0.25, -0.2) is 4.98 Å². The highest BCUT2D eigenvalue weighted by molar-refractivity contribution is 5.19. The Morgan fingerprint density at radius 2 is 2.12 bits per heavy atom. The predicted molar refractivity (Wildman–Crippen MR) is 62.9 cm³/mol. The molecule has 0 aromatic carbocycles. The Labute approximate surface area is 99.4 Å². The average molecular weight is 233 g/mol. The predicted octanol–water partition coefficient (Wildman–Crippen LogP) is 1.33. The molecule has 6 heteroatoms. The van der Waals surface area contributed by atoms with Gasteiger partial charge in [0.25, 0.3) is 0 Å². The zero-order chi connectivity index (χ0) is 12.3. The van der Waals surface area contributed by atoms with Crippen LogP contribution in [0.5, 0.6) is 11.9 Å². The van der Waals surface area contributed by atoms with Crippen molar-refractivity contribution < 1.29 is 4.74 Å². The first-order chi connectivity index (χ1) is 8.17. The molecule has 2 N–H and O–H groups in total. The van der Waals surface area contributed by atoms with E-state index in [0.29, 0.717) is 18.4 Å². The van der Waals surface area contributed by atoms with E-state index in [1.807, 2.05) is 27.0 Å². The first-order valence-electron chi connectivity index (χ1n) is 5.36. The van der Waals surface area contributed by atoms with Crippen molar-refractivity contribution in [2.24, 2.45) is 0 Å². The van der Waals surface area contributed by atoms with Gasteiger partial charge in [-0.1, -0.05) is 0 Å². The summed E-state index contributed by atoms with van der Waals surface area (Å²) >= 11 is 0. The van der Waals surface area contributed by atoms with Crippen molar-refractivity contribution in [3.05, 3.63) is 29.2 Å². The Morgan fingerprint density at radius 3 is 2.76 bits per heavy atom. The first-order valence-corrected chi connectivity index (χ1v) is 5.36. The monoisotopic (exact) mass is 233 g/mol. The molecule has 2 heterocycles. The van der Waals surface area contributed by atoms with E-state index in [1.54, 1.807) is 6.07 Å². The van der Waals surface area contributed by atoms with Gasteiger partial charge >= 0.3 is 6.01 Å². The zero-order valence-corrected chi connectivity index (χ0v) is 10.1. The summed E-state index contributed by atoms with van der Waals surface area (Å²) in [7, 11) is 1.87. The third-order valence-corrected chi connectivity index (χ3v) is 2.12. The second-order valence-electron chi connectivity index (χ2n) is 3.80. The molecule has 0 spiro atoms. The first kappa shape index (κ1) is 11.5. The molecule has 0 fully saturated rings. The number of rotatable bonds is 4. The van der Waals surface area contributed by atoms with Crippen LogP contribution >= 0.6 is 0 Å². The van der Waals surface area contributed by atoms with E-state index in [2.05, 4.69) is 25.5 Å². The number of aromatic nitrogens is 4. The van der Waals surface area contributed by atoms with Crippen molar-refractivity contribution in [2.45, 2.75) is 20.4 Å². The normalized spacial score (nSPS) is 10.5. The van der Waals surface area contributed by atoms with E-state index in [0.717, 1.165) is 17.1 Å². The third kappa shape index (κ3) is 3.01. The molecule has 2 aromatic heterocycles. The molecular formula is C11H15N5O.